The molecule has 3 aromatic rings. The fourth-order valence-electron chi connectivity index (χ4n) is 4.92. The van der Waals surface area contributed by atoms with Crippen molar-refractivity contribution < 1.29 is 33.0 Å². The van der Waals surface area contributed by atoms with Gasteiger partial charge in [-0.3, -0.25) is 4.79 Å². The summed E-state index contributed by atoms with van der Waals surface area (Å²) in [7, 11) is 0. The van der Waals surface area contributed by atoms with E-state index in [1.54, 1.807) is 24.3 Å². The van der Waals surface area contributed by atoms with Crippen molar-refractivity contribution in [1.82, 2.24) is 14.7 Å². The Morgan fingerprint density at radius 1 is 1.13 bits per heavy atom. The van der Waals surface area contributed by atoms with E-state index >= 15 is 0 Å². The number of halogens is 3. The minimum absolute atomic E-state index is 0.0212. The highest BCUT2D eigenvalue weighted by atomic mass is 19.4. The highest BCUT2D eigenvalue weighted by Gasteiger charge is 2.36. The van der Waals surface area contributed by atoms with Crippen LogP contribution in [0.1, 0.15) is 50.7 Å². The molecule has 2 aromatic carbocycles. The number of likely N-dealkylation sites (tertiary alicyclic amines) is 1. The molecule has 4 rings (SSSR count). The van der Waals surface area contributed by atoms with E-state index in [1.165, 1.54) is 21.8 Å². The molecule has 2 amide bonds. The highest BCUT2D eigenvalue weighted by molar-refractivity contribution is 5.94. The van der Waals surface area contributed by atoms with E-state index in [4.69, 9.17) is 5.11 Å². The third-order valence-electron chi connectivity index (χ3n) is 6.78. The standard InChI is InChI=1S/C27H31F3N4O4/c1-17(2)15-26(38)9-11-33(12-10-26)25(37)31-19-13-22(27(28,29)30)21-16-34(32-23(21)14-19)20-6-3-18(4-7-20)5-8-24(35)36/h3-4,6-7,13-14,16-17,38H,5,8-12,15H2,1-2H3,(H,31,37)(H,35,36). The van der Waals surface area contributed by atoms with Gasteiger partial charge in [-0.05, 0) is 61.4 Å². The molecule has 1 aliphatic rings. The largest absolute Gasteiger partial charge is 0.481 e. The zero-order chi connectivity index (χ0) is 27.7. The van der Waals surface area contributed by atoms with Gasteiger partial charge in [-0.25, -0.2) is 9.48 Å². The minimum atomic E-state index is -4.67. The monoisotopic (exact) mass is 532 g/mol. The Labute approximate surface area is 218 Å². The van der Waals surface area contributed by atoms with Crippen LogP contribution in [0.2, 0.25) is 0 Å². The van der Waals surface area contributed by atoms with Crippen LogP contribution in [-0.4, -0.2) is 55.6 Å². The van der Waals surface area contributed by atoms with Gasteiger partial charge in [0.25, 0.3) is 0 Å². The molecule has 1 saturated heterocycles. The quantitative estimate of drug-likeness (QED) is 0.374. The van der Waals surface area contributed by atoms with Crippen molar-refractivity contribution in [3.63, 3.8) is 0 Å². The summed E-state index contributed by atoms with van der Waals surface area (Å²) in [4.78, 5) is 25.1. The number of aryl methyl sites for hydroxylation is 1. The van der Waals surface area contributed by atoms with Crippen LogP contribution < -0.4 is 5.32 Å². The van der Waals surface area contributed by atoms with E-state index < -0.39 is 29.3 Å². The lowest BCUT2D eigenvalue weighted by Gasteiger charge is -2.39. The molecule has 1 fully saturated rings. The van der Waals surface area contributed by atoms with Gasteiger partial charge < -0.3 is 20.4 Å². The molecule has 0 radical (unpaired) electrons. The molecule has 204 valence electrons. The van der Waals surface area contributed by atoms with E-state index in [0.717, 1.165) is 11.6 Å². The van der Waals surface area contributed by atoms with Crippen LogP contribution in [0, 0.1) is 5.92 Å². The number of rotatable bonds is 7. The summed E-state index contributed by atoms with van der Waals surface area (Å²) in [5, 5.41) is 26.3. The normalized spacial score (nSPS) is 15.7. The zero-order valence-electron chi connectivity index (χ0n) is 21.3. The van der Waals surface area contributed by atoms with Crippen LogP contribution in [0.4, 0.5) is 23.7 Å². The van der Waals surface area contributed by atoms with Crippen molar-refractivity contribution in [2.75, 3.05) is 18.4 Å². The zero-order valence-corrected chi connectivity index (χ0v) is 21.3. The summed E-state index contributed by atoms with van der Waals surface area (Å²) >= 11 is 0. The topological polar surface area (TPSA) is 108 Å². The molecule has 0 aliphatic carbocycles. The van der Waals surface area contributed by atoms with Crippen LogP contribution >= 0.6 is 0 Å². The first-order valence-electron chi connectivity index (χ1n) is 12.5. The van der Waals surface area contributed by atoms with E-state index in [0.29, 0.717) is 50.4 Å². The molecule has 1 aliphatic heterocycles. The number of piperidine rings is 1. The predicted octanol–water partition coefficient (Wildman–Crippen LogP) is 5.47. The summed E-state index contributed by atoms with van der Waals surface area (Å²) in [5.41, 5.74) is -0.411. The van der Waals surface area contributed by atoms with Crippen LogP contribution in [0.15, 0.2) is 42.6 Å². The van der Waals surface area contributed by atoms with Crippen LogP contribution in [0.5, 0.6) is 0 Å². The highest BCUT2D eigenvalue weighted by Crippen LogP contribution is 2.37. The molecule has 0 bridgehead atoms. The lowest BCUT2D eigenvalue weighted by Crippen LogP contribution is -2.48. The predicted molar refractivity (Wildman–Crippen MR) is 136 cm³/mol. The maximum absolute atomic E-state index is 14.0. The van der Waals surface area contributed by atoms with Gasteiger partial charge in [-0.15, -0.1) is 0 Å². The Bertz CT molecular complexity index is 1310. The Morgan fingerprint density at radius 3 is 2.37 bits per heavy atom. The number of carboxylic acids is 1. The maximum Gasteiger partial charge on any atom is 0.417 e. The molecule has 8 nitrogen and oxygen atoms in total. The number of fused-ring (bicyclic) bond motifs is 1. The first-order valence-corrected chi connectivity index (χ1v) is 12.5. The van der Waals surface area contributed by atoms with Gasteiger partial charge in [0.2, 0.25) is 0 Å². The van der Waals surface area contributed by atoms with Gasteiger partial charge >= 0.3 is 18.2 Å². The number of hydrogen-bond acceptors (Lipinski definition) is 4. The first-order chi connectivity index (χ1) is 17.8. The number of nitrogens with one attached hydrogen (secondary N) is 1. The number of aliphatic carboxylic acids is 1. The molecule has 38 heavy (non-hydrogen) atoms. The number of alkyl halides is 3. The molecule has 11 heteroatoms. The van der Waals surface area contributed by atoms with Crippen LogP contribution in [0.3, 0.4) is 0 Å². The summed E-state index contributed by atoms with van der Waals surface area (Å²) in [5.74, 6) is -0.606. The number of carbonyl (C=O) groups excluding carboxylic acids is 1. The van der Waals surface area contributed by atoms with Crippen molar-refractivity contribution >= 4 is 28.6 Å². The van der Waals surface area contributed by atoms with Gasteiger partial charge in [0, 0.05) is 36.8 Å². The molecular weight excluding hydrogens is 501 g/mol. The van der Waals surface area contributed by atoms with E-state index in [2.05, 4.69) is 10.4 Å². The molecule has 2 heterocycles. The van der Waals surface area contributed by atoms with Gasteiger partial charge in [0.15, 0.2) is 0 Å². The Morgan fingerprint density at radius 2 is 1.79 bits per heavy atom. The van der Waals surface area contributed by atoms with E-state index in [1.807, 2.05) is 13.8 Å². The van der Waals surface area contributed by atoms with Gasteiger partial charge in [-0.1, -0.05) is 26.0 Å². The van der Waals surface area contributed by atoms with Crippen molar-refractivity contribution in [3.05, 3.63) is 53.7 Å². The third kappa shape index (κ3) is 6.45. The van der Waals surface area contributed by atoms with Gasteiger partial charge in [0.1, 0.15) is 0 Å². The molecule has 1 aromatic heterocycles. The summed E-state index contributed by atoms with van der Waals surface area (Å²) in [6, 6.07) is 8.52. The Balaban J connectivity index is 1.55. The number of urea groups is 1. The van der Waals surface area contributed by atoms with Gasteiger partial charge in [-0.2, -0.15) is 18.3 Å². The Hall–Kier alpha value is -3.60. The minimum Gasteiger partial charge on any atom is -0.481 e. The number of anilines is 1. The number of carbonyl (C=O) groups is 2. The van der Waals surface area contributed by atoms with Crippen molar-refractivity contribution in [3.8, 4) is 5.69 Å². The van der Waals surface area contributed by atoms with Crippen LogP contribution in [0.25, 0.3) is 16.6 Å². The maximum atomic E-state index is 14.0. The molecule has 0 atom stereocenters. The summed E-state index contributed by atoms with van der Waals surface area (Å²) in [6.07, 6.45) is -1.63. The number of benzene rings is 2. The number of hydrogen-bond donors (Lipinski definition) is 3. The second kappa shape index (κ2) is 10.6. The van der Waals surface area contributed by atoms with E-state index in [-0.39, 0.29) is 23.0 Å². The Kier molecular flexibility index (Phi) is 7.68. The number of nitrogens with zero attached hydrogens (tertiary/aromatic N) is 3. The number of amides is 2. The molecule has 3 N–H and O–H groups in total. The summed E-state index contributed by atoms with van der Waals surface area (Å²) < 4.78 is 43.2. The number of aromatic nitrogens is 2. The van der Waals surface area contributed by atoms with Gasteiger partial charge in [0.05, 0.1) is 22.4 Å². The number of aliphatic hydroxyl groups is 1. The first kappa shape index (κ1) is 27.4. The average molecular weight is 533 g/mol. The molecule has 0 saturated carbocycles. The van der Waals surface area contributed by atoms with Crippen molar-refractivity contribution in [2.45, 2.75) is 57.7 Å². The third-order valence-corrected chi connectivity index (χ3v) is 6.78. The second-order valence-electron chi connectivity index (χ2n) is 10.3. The fraction of sp³-hybridized carbons (Fsp3) is 0.444. The van der Waals surface area contributed by atoms with Crippen molar-refractivity contribution in [2.24, 2.45) is 5.92 Å². The fourth-order valence-corrected chi connectivity index (χ4v) is 4.92. The second-order valence-corrected chi connectivity index (χ2v) is 10.3. The molecular formula is C27H31F3N4O4. The number of carboxylic acid groups (broad SMARTS) is 1. The SMILES string of the molecule is CC(C)CC1(O)CCN(C(=O)Nc2cc(C(F)(F)F)c3cn(-c4ccc(CCC(=O)O)cc4)nc3c2)CC1. The molecule has 0 spiro atoms. The lowest BCUT2D eigenvalue weighted by atomic mass is 9.84. The van der Waals surface area contributed by atoms with Crippen molar-refractivity contribution in [1.29, 1.82) is 0 Å². The average Bonchev–Trinajstić information content (AvgIpc) is 3.25. The van der Waals surface area contributed by atoms with E-state index in [9.17, 15) is 27.9 Å². The summed E-state index contributed by atoms with van der Waals surface area (Å²) in [6.45, 7) is 4.65. The smallest absolute Gasteiger partial charge is 0.417 e. The molecule has 0 unspecified atom stereocenters. The lowest BCUT2D eigenvalue weighted by molar-refractivity contribution is -0.137. The van der Waals surface area contributed by atoms with Crippen LogP contribution in [-0.2, 0) is 17.4 Å².